The van der Waals surface area contributed by atoms with E-state index in [0.717, 1.165) is 23.6 Å². The van der Waals surface area contributed by atoms with Crippen LogP contribution in [0.5, 0.6) is 0 Å². The van der Waals surface area contributed by atoms with Crippen molar-refractivity contribution in [3.63, 3.8) is 0 Å². The second-order valence-electron chi connectivity index (χ2n) is 6.11. The van der Waals surface area contributed by atoms with E-state index < -0.39 is 6.10 Å². The summed E-state index contributed by atoms with van der Waals surface area (Å²) in [5, 5.41) is 11.2. The molecular weight excluding hydrogens is 292 g/mol. The molecule has 1 aromatic carbocycles. The number of fused-ring (bicyclic) bond motifs is 1. The molecule has 3 rings (SSSR count). The van der Waals surface area contributed by atoms with E-state index in [1.54, 1.807) is 0 Å². The van der Waals surface area contributed by atoms with Gasteiger partial charge in [-0.15, -0.1) is 10.2 Å². The van der Waals surface area contributed by atoms with Crippen molar-refractivity contribution in [3.05, 3.63) is 47.0 Å². The number of aromatic nitrogens is 3. The molecule has 0 saturated heterocycles. The Morgan fingerprint density at radius 3 is 2.91 bits per heavy atom. The summed E-state index contributed by atoms with van der Waals surface area (Å²) in [6.45, 7) is 5.05. The Morgan fingerprint density at radius 2 is 2.17 bits per heavy atom. The fourth-order valence-electron chi connectivity index (χ4n) is 2.90. The highest BCUT2D eigenvalue weighted by Gasteiger charge is 2.27. The maximum Gasteiger partial charge on any atom is 0.254 e. The van der Waals surface area contributed by atoms with E-state index in [2.05, 4.69) is 35.4 Å². The summed E-state index contributed by atoms with van der Waals surface area (Å²) in [7, 11) is 1.92. The highest BCUT2D eigenvalue weighted by molar-refractivity contribution is 5.82. The largest absolute Gasteiger partial charge is 0.363 e. The summed E-state index contributed by atoms with van der Waals surface area (Å²) in [5.41, 5.74) is 2.14. The molecule has 1 amide bonds. The van der Waals surface area contributed by atoms with Crippen LogP contribution in [0.1, 0.15) is 48.6 Å². The predicted molar refractivity (Wildman–Crippen MR) is 85.8 cm³/mol. The molecule has 1 aromatic heterocycles. The normalized spacial score (nSPS) is 17.1. The molecular formula is C17H22N4O2. The van der Waals surface area contributed by atoms with Gasteiger partial charge >= 0.3 is 0 Å². The van der Waals surface area contributed by atoms with E-state index in [4.69, 9.17) is 4.74 Å². The zero-order valence-corrected chi connectivity index (χ0v) is 13.7. The van der Waals surface area contributed by atoms with Crippen LogP contribution >= 0.6 is 0 Å². The summed E-state index contributed by atoms with van der Waals surface area (Å²) < 4.78 is 7.60. The van der Waals surface area contributed by atoms with Gasteiger partial charge in [-0.2, -0.15) is 0 Å². The Labute approximate surface area is 135 Å². The number of ether oxygens (including phenoxy) is 1. The first-order chi connectivity index (χ1) is 11.1. The van der Waals surface area contributed by atoms with Gasteiger partial charge in [-0.05, 0) is 17.5 Å². The average molecular weight is 314 g/mol. The van der Waals surface area contributed by atoms with Crippen molar-refractivity contribution in [2.24, 2.45) is 7.05 Å². The Balaban J connectivity index is 1.69. The zero-order valence-electron chi connectivity index (χ0n) is 13.7. The summed E-state index contributed by atoms with van der Waals surface area (Å²) in [4.78, 5) is 12.5. The standard InChI is InChI=1S/C17H22N4O2/c1-11(2)16-20-19-14(21(16)3)10-18-17(22)15-13-7-5-4-6-12(13)8-9-23-15/h4-7,11,15H,8-10H2,1-3H3,(H,18,22). The minimum absolute atomic E-state index is 0.133. The lowest BCUT2D eigenvalue weighted by Crippen LogP contribution is -2.34. The van der Waals surface area contributed by atoms with Crippen LogP contribution in [0.15, 0.2) is 24.3 Å². The number of hydrogen-bond acceptors (Lipinski definition) is 4. The number of rotatable bonds is 4. The number of benzene rings is 1. The fourth-order valence-corrected chi connectivity index (χ4v) is 2.90. The van der Waals surface area contributed by atoms with E-state index in [1.165, 1.54) is 5.56 Å². The van der Waals surface area contributed by atoms with Crippen LogP contribution in [0, 0.1) is 0 Å². The molecule has 2 heterocycles. The highest BCUT2D eigenvalue weighted by Crippen LogP contribution is 2.27. The maximum absolute atomic E-state index is 12.5. The van der Waals surface area contributed by atoms with Crippen LogP contribution in [0.25, 0.3) is 0 Å². The molecule has 0 spiro atoms. The number of carbonyl (C=O) groups is 1. The molecule has 122 valence electrons. The van der Waals surface area contributed by atoms with Crippen LogP contribution in [0.3, 0.4) is 0 Å². The molecule has 23 heavy (non-hydrogen) atoms. The lowest BCUT2D eigenvalue weighted by atomic mass is 9.97. The number of nitrogens with zero attached hydrogens (tertiary/aromatic N) is 3. The van der Waals surface area contributed by atoms with Gasteiger partial charge in [0.1, 0.15) is 5.82 Å². The zero-order chi connectivity index (χ0) is 16.4. The first kappa shape index (κ1) is 15.7. The molecule has 1 unspecified atom stereocenters. The summed E-state index contributed by atoms with van der Waals surface area (Å²) >= 11 is 0. The Kier molecular flexibility index (Phi) is 4.43. The third-order valence-electron chi connectivity index (χ3n) is 4.17. The van der Waals surface area contributed by atoms with Crippen LogP contribution in [-0.4, -0.2) is 27.3 Å². The number of hydrogen-bond donors (Lipinski definition) is 1. The first-order valence-corrected chi connectivity index (χ1v) is 7.93. The minimum atomic E-state index is -0.544. The molecule has 2 aromatic rings. The average Bonchev–Trinajstić information content (AvgIpc) is 2.93. The smallest absolute Gasteiger partial charge is 0.254 e. The van der Waals surface area contributed by atoms with Crippen molar-refractivity contribution >= 4 is 5.91 Å². The van der Waals surface area contributed by atoms with E-state index in [0.29, 0.717) is 19.1 Å². The van der Waals surface area contributed by atoms with Crippen molar-refractivity contribution in [1.29, 1.82) is 0 Å². The van der Waals surface area contributed by atoms with Gasteiger partial charge in [-0.1, -0.05) is 38.1 Å². The Hall–Kier alpha value is -2.21. The maximum atomic E-state index is 12.5. The van der Waals surface area contributed by atoms with Crippen molar-refractivity contribution in [3.8, 4) is 0 Å². The molecule has 6 nitrogen and oxygen atoms in total. The van der Waals surface area contributed by atoms with E-state index in [9.17, 15) is 4.79 Å². The second kappa shape index (κ2) is 6.50. The number of amides is 1. The molecule has 0 aliphatic carbocycles. The van der Waals surface area contributed by atoms with Crippen molar-refractivity contribution < 1.29 is 9.53 Å². The van der Waals surface area contributed by atoms with Crippen molar-refractivity contribution in [1.82, 2.24) is 20.1 Å². The quantitative estimate of drug-likeness (QED) is 0.935. The topological polar surface area (TPSA) is 69.0 Å². The minimum Gasteiger partial charge on any atom is -0.363 e. The first-order valence-electron chi connectivity index (χ1n) is 7.93. The fraction of sp³-hybridized carbons (Fsp3) is 0.471. The molecule has 1 N–H and O–H groups in total. The highest BCUT2D eigenvalue weighted by atomic mass is 16.5. The lowest BCUT2D eigenvalue weighted by Gasteiger charge is -2.25. The van der Waals surface area contributed by atoms with Crippen LogP contribution in [0.2, 0.25) is 0 Å². The number of nitrogens with one attached hydrogen (secondary N) is 1. The predicted octanol–water partition coefficient (Wildman–Crippen LogP) is 1.87. The SMILES string of the molecule is CC(C)c1nnc(CNC(=O)C2OCCc3ccccc32)n1C. The Morgan fingerprint density at radius 1 is 1.39 bits per heavy atom. The van der Waals surface area contributed by atoms with Gasteiger partial charge in [-0.25, -0.2) is 0 Å². The summed E-state index contributed by atoms with van der Waals surface area (Å²) in [5.74, 6) is 1.82. The van der Waals surface area contributed by atoms with Gasteiger partial charge < -0.3 is 14.6 Å². The molecule has 0 radical (unpaired) electrons. The molecule has 1 atom stereocenters. The number of carbonyl (C=O) groups excluding carboxylic acids is 1. The Bertz CT molecular complexity index is 708. The summed E-state index contributed by atoms with van der Waals surface area (Å²) in [6, 6.07) is 7.94. The van der Waals surface area contributed by atoms with Gasteiger partial charge in [0.05, 0.1) is 13.2 Å². The molecule has 0 fully saturated rings. The van der Waals surface area contributed by atoms with E-state index in [1.807, 2.05) is 29.8 Å². The molecule has 0 saturated carbocycles. The van der Waals surface area contributed by atoms with Crippen molar-refractivity contribution in [2.75, 3.05) is 6.61 Å². The lowest BCUT2D eigenvalue weighted by molar-refractivity contribution is -0.134. The van der Waals surface area contributed by atoms with E-state index in [-0.39, 0.29) is 5.91 Å². The molecule has 1 aliphatic rings. The summed E-state index contributed by atoms with van der Waals surface area (Å²) in [6.07, 6.45) is 0.304. The van der Waals surface area contributed by atoms with Gasteiger partial charge in [-0.3, -0.25) is 4.79 Å². The van der Waals surface area contributed by atoms with Crippen LogP contribution in [-0.2, 0) is 29.5 Å². The monoisotopic (exact) mass is 314 g/mol. The molecule has 6 heteroatoms. The third kappa shape index (κ3) is 3.12. The molecule has 0 bridgehead atoms. The van der Waals surface area contributed by atoms with E-state index >= 15 is 0 Å². The van der Waals surface area contributed by atoms with Gasteiger partial charge in [0, 0.05) is 13.0 Å². The van der Waals surface area contributed by atoms with Crippen LogP contribution < -0.4 is 5.32 Å². The second-order valence-corrected chi connectivity index (χ2v) is 6.11. The van der Waals surface area contributed by atoms with Gasteiger partial charge in [0.15, 0.2) is 11.9 Å². The third-order valence-corrected chi connectivity index (χ3v) is 4.17. The van der Waals surface area contributed by atoms with Gasteiger partial charge in [0.2, 0.25) is 0 Å². The molecule has 1 aliphatic heterocycles. The van der Waals surface area contributed by atoms with Gasteiger partial charge in [0.25, 0.3) is 5.91 Å². The van der Waals surface area contributed by atoms with Crippen molar-refractivity contribution in [2.45, 2.75) is 38.8 Å². The van der Waals surface area contributed by atoms with Crippen LogP contribution in [0.4, 0.5) is 0 Å².